The van der Waals surface area contributed by atoms with Gasteiger partial charge < -0.3 is 19.9 Å². The number of anilines is 4. The number of alkyl halides is 3. The molecule has 0 saturated carbocycles. The van der Waals surface area contributed by atoms with Gasteiger partial charge in [-0.05, 0) is 48.5 Å². The monoisotopic (exact) mass is 603 g/mol. The van der Waals surface area contributed by atoms with E-state index < -0.39 is 17.3 Å². The molecule has 0 atom stereocenters. The zero-order chi connectivity index (χ0) is 30.0. The highest BCUT2D eigenvalue weighted by Crippen LogP contribution is 2.34. The third-order valence-electron chi connectivity index (χ3n) is 6.73. The molecule has 1 N–H and O–H groups in total. The Morgan fingerprint density at radius 3 is 2.44 bits per heavy atom. The fourth-order valence-corrected chi connectivity index (χ4v) is 4.84. The number of halogens is 4. The number of para-hydroxylation sites is 1. The van der Waals surface area contributed by atoms with Gasteiger partial charge in [0, 0.05) is 42.6 Å². The fourth-order valence-electron chi connectivity index (χ4n) is 4.66. The SMILES string of the molecule is N#Cc1ccc(Nc2nc(Oc3ncnc4ccccc34)nc(N3CCN(c4cccc(Cl)c4)CC3)n2)cc1C(F)(F)F. The highest BCUT2D eigenvalue weighted by molar-refractivity contribution is 6.30. The highest BCUT2D eigenvalue weighted by Gasteiger charge is 2.34. The Morgan fingerprint density at radius 2 is 1.67 bits per heavy atom. The molecule has 14 heteroatoms. The van der Waals surface area contributed by atoms with E-state index in [4.69, 9.17) is 21.6 Å². The van der Waals surface area contributed by atoms with Crippen LogP contribution in [-0.4, -0.2) is 51.1 Å². The maximum absolute atomic E-state index is 13.6. The Bertz CT molecular complexity index is 1830. The molecular formula is C29H21ClF3N9O. The third kappa shape index (κ3) is 6.19. The quantitative estimate of drug-likeness (QED) is 0.240. The molecule has 3 aromatic carbocycles. The van der Waals surface area contributed by atoms with Crippen LogP contribution in [0.25, 0.3) is 10.9 Å². The lowest BCUT2D eigenvalue weighted by molar-refractivity contribution is -0.137. The standard InChI is InChI=1S/C29H21ClF3N9O/c30-19-4-3-5-21(14-19)41-10-12-42(13-11-41)27-38-26(37-20-9-8-18(16-34)23(15-20)29(31,32)33)39-28(40-27)43-25-22-6-1-2-7-24(22)35-17-36-25/h1-9,14-15,17H,10-13H2,(H,37,38,39,40). The number of ether oxygens (including phenoxy) is 1. The lowest BCUT2D eigenvalue weighted by atomic mass is 10.1. The molecule has 0 amide bonds. The third-order valence-corrected chi connectivity index (χ3v) is 6.97. The molecule has 0 radical (unpaired) electrons. The predicted molar refractivity (Wildman–Crippen MR) is 155 cm³/mol. The molecule has 43 heavy (non-hydrogen) atoms. The van der Waals surface area contributed by atoms with E-state index in [-0.39, 0.29) is 29.5 Å². The summed E-state index contributed by atoms with van der Waals surface area (Å²) in [6.07, 6.45) is -3.37. The summed E-state index contributed by atoms with van der Waals surface area (Å²) in [5, 5.41) is 13.2. The van der Waals surface area contributed by atoms with Crippen LogP contribution in [0.1, 0.15) is 11.1 Å². The van der Waals surface area contributed by atoms with Crippen molar-refractivity contribution >= 4 is 45.8 Å². The summed E-state index contributed by atoms with van der Waals surface area (Å²) in [7, 11) is 0. The van der Waals surface area contributed by atoms with Crippen LogP contribution in [0.2, 0.25) is 5.02 Å². The minimum atomic E-state index is -4.72. The molecular weight excluding hydrogens is 583 g/mol. The van der Waals surface area contributed by atoms with Gasteiger partial charge in [-0.3, -0.25) is 0 Å². The van der Waals surface area contributed by atoms with Gasteiger partial charge in [0.25, 0.3) is 0 Å². The molecule has 0 aliphatic carbocycles. The smallest absolute Gasteiger partial charge is 0.404 e. The minimum absolute atomic E-state index is 0.0349. The van der Waals surface area contributed by atoms with Crippen molar-refractivity contribution < 1.29 is 17.9 Å². The van der Waals surface area contributed by atoms with Crippen molar-refractivity contribution in [2.24, 2.45) is 0 Å². The van der Waals surface area contributed by atoms with Gasteiger partial charge in [0.15, 0.2) is 0 Å². The van der Waals surface area contributed by atoms with E-state index in [9.17, 15) is 13.2 Å². The first-order valence-corrected chi connectivity index (χ1v) is 13.4. The number of rotatable bonds is 6. The Balaban J connectivity index is 1.33. The van der Waals surface area contributed by atoms with Gasteiger partial charge in [-0.2, -0.15) is 33.4 Å². The number of fused-ring (bicyclic) bond motifs is 1. The summed E-state index contributed by atoms with van der Waals surface area (Å²) < 4.78 is 46.8. The summed E-state index contributed by atoms with van der Waals surface area (Å²) >= 11 is 6.17. The fraction of sp³-hybridized carbons (Fsp3) is 0.172. The van der Waals surface area contributed by atoms with Gasteiger partial charge >= 0.3 is 12.2 Å². The number of nitriles is 1. The number of nitrogens with zero attached hydrogens (tertiary/aromatic N) is 8. The van der Waals surface area contributed by atoms with Crippen molar-refractivity contribution in [1.29, 1.82) is 5.26 Å². The Morgan fingerprint density at radius 1 is 0.884 bits per heavy atom. The highest BCUT2D eigenvalue weighted by atomic mass is 35.5. The minimum Gasteiger partial charge on any atom is -0.404 e. The van der Waals surface area contributed by atoms with Crippen LogP contribution in [0.4, 0.5) is 36.4 Å². The summed E-state index contributed by atoms with van der Waals surface area (Å²) in [5.41, 5.74) is 0.107. The first kappa shape index (κ1) is 27.9. The van der Waals surface area contributed by atoms with E-state index in [0.29, 0.717) is 42.1 Å². The Hall–Kier alpha value is -5.22. The number of aromatic nitrogens is 5. The molecule has 216 valence electrons. The lowest BCUT2D eigenvalue weighted by Gasteiger charge is -2.36. The van der Waals surface area contributed by atoms with E-state index in [2.05, 4.69) is 35.1 Å². The van der Waals surface area contributed by atoms with E-state index in [0.717, 1.165) is 17.8 Å². The Labute approximate surface area is 248 Å². The molecule has 5 aromatic rings. The molecule has 0 bridgehead atoms. The number of hydrogen-bond donors (Lipinski definition) is 1. The van der Waals surface area contributed by atoms with Gasteiger partial charge in [-0.1, -0.05) is 29.8 Å². The van der Waals surface area contributed by atoms with Gasteiger partial charge in [0.05, 0.1) is 28.1 Å². The number of nitrogens with one attached hydrogen (secondary N) is 1. The molecule has 1 fully saturated rings. The van der Waals surface area contributed by atoms with Crippen LogP contribution in [0, 0.1) is 11.3 Å². The zero-order valence-corrected chi connectivity index (χ0v) is 23.0. The van der Waals surface area contributed by atoms with Crippen LogP contribution in [0.5, 0.6) is 11.9 Å². The maximum atomic E-state index is 13.6. The average Bonchev–Trinajstić information content (AvgIpc) is 3.01. The second-order valence-electron chi connectivity index (χ2n) is 9.49. The van der Waals surface area contributed by atoms with Crippen molar-refractivity contribution in [2.75, 3.05) is 41.3 Å². The molecule has 0 unspecified atom stereocenters. The average molecular weight is 604 g/mol. The van der Waals surface area contributed by atoms with Gasteiger partial charge in [0.1, 0.15) is 6.33 Å². The second kappa shape index (κ2) is 11.6. The molecule has 0 spiro atoms. The zero-order valence-electron chi connectivity index (χ0n) is 22.3. The van der Waals surface area contributed by atoms with Gasteiger partial charge in [-0.25, -0.2) is 9.97 Å². The normalized spacial score (nSPS) is 13.6. The largest absolute Gasteiger partial charge is 0.417 e. The summed E-state index contributed by atoms with van der Waals surface area (Å²) in [6, 6.07) is 19.6. The van der Waals surface area contributed by atoms with Crippen molar-refractivity contribution in [3.05, 3.63) is 89.2 Å². The van der Waals surface area contributed by atoms with Gasteiger partial charge in [0.2, 0.25) is 17.8 Å². The molecule has 1 saturated heterocycles. The molecule has 1 aliphatic heterocycles. The predicted octanol–water partition coefficient (Wildman–Crippen LogP) is 6.22. The van der Waals surface area contributed by atoms with Gasteiger partial charge in [-0.15, -0.1) is 0 Å². The molecule has 2 aromatic heterocycles. The van der Waals surface area contributed by atoms with Crippen molar-refractivity contribution in [3.63, 3.8) is 0 Å². The molecule has 10 nitrogen and oxygen atoms in total. The molecule has 1 aliphatic rings. The summed E-state index contributed by atoms with van der Waals surface area (Å²) in [5.74, 6) is 0.423. The van der Waals surface area contributed by atoms with Crippen LogP contribution in [-0.2, 0) is 6.18 Å². The topological polar surface area (TPSA) is 116 Å². The van der Waals surface area contributed by atoms with Crippen molar-refractivity contribution in [3.8, 4) is 18.0 Å². The number of benzene rings is 3. The van der Waals surface area contributed by atoms with Crippen molar-refractivity contribution in [1.82, 2.24) is 24.9 Å². The van der Waals surface area contributed by atoms with E-state index in [1.807, 2.05) is 41.3 Å². The van der Waals surface area contributed by atoms with E-state index in [1.54, 1.807) is 18.2 Å². The van der Waals surface area contributed by atoms with Crippen molar-refractivity contribution in [2.45, 2.75) is 6.18 Å². The Kier molecular flexibility index (Phi) is 7.52. The van der Waals surface area contributed by atoms with Crippen LogP contribution in [0.15, 0.2) is 73.1 Å². The summed E-state index contributed by atoms with van der Waals surface area (Å²) in [4.78, 5) is 25.9. The van der Waals surface area contributed by atoms with Crippen LogP contribution in [0.3, 0.4) is 0 Å². The number of piperazine rings is 1. The summed E-state index contributed by atoms with van der Waals surface area (Å²) in [6.45, 7) is 2.38. The van der Waals surface area contributed by atoms with Crippen LogP contribution >= 0.6 is 11.6 Å². The first-order chi connectivity index (χ1) is 20.8. The van der Waals surface area contributed by atoms with E-state index in [1.165, 1.54) is 12.4 Å². The van der Waals surface area contributed by atoms with Crippen LogP contribution < -0.4 is 19.9 Å². The molecule has 6 rings (SSSR count). The maximum Gasteiger partial charge on any atom is 0.417 e. The first-order valence-electron chi connectivity index (χ1n) is 13.0. The second-order valence-corrected chi connectivity index (χ2v) is 9.92. The number of hydrogen-bond acceptors (Lipinski definition) is 10. The lowest BCUT2D eigenvalue weighted by Crippen LogP contribution is -2.47. The molecule has 3 heterocycles. The van der Waals surface area contributed by atoms with E-state index >= 15 is 0 Å².